The van der Waals surface area contributed by atoms with E-state index in [0.717, 1.165) is 36.8 Å². The monoisotopic (exact) mass is 516 g/mol. The van der Waals surface area contributed by atoms with Crippen LogP contribution in [0.3, 0.4) is 0 Å². The topological polar surface area (TPSA) is 60.7 Å². The smallest absolute Gasteiger partial charge is 0.0817 e. The second-order valence-electron chi connectivity index (χ2n) is 13.1. The summed E-state index contributed by atoms with van der Waals surface area (Å²) >= 11 is 0. The summed E-state index contributed by atoms with van der Waals surface area (Å²) in [6.45, 7) is 11.1. The first-order valence-electron chi connectivity index (χ1n) is 15.1. The van der Waals surface area contributed by atoms with Crippen molar-refractivity contribution < 1.29 is 15.3 Å². The molecule has 4 saturated carbocycles. The molecule has 3 heteroatoms. The summed E-state index contributed by atoms with van der Waals surface area (Å²) in [6.07, 6.45) is 17.5. The lowest BCUT2D eigenvalue weighted by Crippen LogP contribution is -2.35. The van der Waals surface area contributed by atoms with E-state index >= 15 is 0 Å². The van der Waals surface area contributed by atoms with Gasteiger partial charge in [-0.1, -0.05) is 81.5 Å². The molecular formula is C35H48O3. The van der Waals surface area contributed by atoms with Crippen LogP contribution in [0.4, 0.5) is 0 Å². The quantitative estimate of drug-likeness (QED) is 0.343. The lowest BCUT2D eigenvalue weighted by molar-refractivity contribution is 0.0862. The van der Waals surface area contributed by atoms with E-state index in [1.807, 2.05) is 0 Å². The van der Waals surface area contributed by atoms with Gasteiger partial charge < -0.3 is 15.3 Å². The summed E-state index contributed by atoms with van der Waals surface area (Å²) in [6, 6.07) is 8.88. The van der Waals surface area contributed by atoms with Crippen LogP contribution in [0.5, 0.6) is 0 Å². The van der Waals surface area contributed by atoms with Crippen LogP contribution in [0.25, 0.3) is 0 Å². The number of hydrogen-bond donors (Lipinski definition) is 3. The number of aryl methyl sites for hydroxylation is 1. The van der Waals surface area contributed by atoms with Crippen molar-refractivity contribution in [2.45, 2.75) is 109 Å². The van der Waals surface area contributed by atoms with Crippen LogP contribution in [0.2, 0.25) is 0 Å². The summed E-state index contributed by atoms with van der Waals surface area (Å²) < 4.78 is 0. The Bertz CT molecular complexity index is 1100. The van der Waals surface area contributed by atoms with Crippen LogP contribution >= 0.6 is 0 Å². The third-order valence-corrected chi connectivity index (χ3v) is 10.8. The van der Waals surface area contributed by atoms with Crippen LogP contribution in [-0.2, 0) is 11.8 Å². The SMILES string of the molecule is C=C1/C(=C\C=C2/CCC[C@]3(C)[C@@H]([C@H](C)/C=C/[C@@H](O)C4(c5ccc(CC)cc5)CC4)CC[C@@H]23)C[C@@H](O)C[C@@H]1O. The van der Waals surface area contributed by atoms with Gasteiger partial charge in [-0.2, -0.15) is 0 Å². The highest BCUT2D eigenvalue weighted by atomic mass is 16.3. The summed E-state index contributed by atoms with van der Waals surface area (Å²) in [7, 11) is 0. The van der Waals surface area contributed by atoms with Gasteiger partial charge in [0.2, 0.25) is 0 Å². The Morgan fingerprint density at radius 1 is 1.05 bits per heavy atom. The van der Waals surface area contributed by atoms with E-state index in [2.05, 4.69) is 75.9 Å². The second-order valence-corrected chi connectivity index (χ2v) is 13.1. The highest BCUT2D eigenvalue weighted by molar-refractivity contribution is 5.39. The molecule has 3 nitrogen and oxygen atoms in total. The fraction of sp³-hybridized carbons (Fsp3) is 0.600. The second kappa shape index (κ2) is 10.9. The van der Waals surface area contributed by atoms with E-state index < -0.39 is 18.3 Å². The number of fused-ring (bicyclic) bond motifs is 1. The van der Waals surface area contributed by atoms with Crippen LogP contribution < -0.4 is 0 Å². The van der Waals surface area contributed by atoms with Gasteiger partial charge in [-0.05, 0) is 103 Å². The van der Waals surface area contributed by atoms with Gasteiger partial charge in [0.05, 0.1) is 18.3 Å². The van der Waals surface area contributed by atoms with Gasteiger partial charge in [0.15, 0.2) is 0 Å². The number of benzene rings is 1. The first kappa shape index (κ1) is 27.6. The van der Waals surface area contributed by atoms with E-state index in [-0.39, 0.29) is 10.8 Å². The van der Waals surface area contributed by atoms with Crippen molar-refractivity contribution in [2.75, 3.05) is 0 Å². The standard InChI is InChI=1S/C35H48O3/c1-5-25-9-13-28(14-10-25)35(19-20-35)33(38)17-8-23(2)30-15-16-31-26(7-6-18-34(30,31)4)11-12-27-21-29(36)22-32(37)24(27)3/h8-14,17,23,29-33,36-38H,3,5-7,15-16,18-22H2,1-2,4H3/b17-8+,26-11+,27-12-/t23-,29-,30-,31+,32+,33-,34-/m1/s1. The van der Waals surface area contributed by atoms with Crippen LogP contribution in [0, 0.1) is 23.2 Å². The molecular weight excluding hydrogens is 468 g/mol. The Morgan fingerprint density at radius 3 is 2.47 bits per heavy atom. The third-order valence-electron chi connectivity index (χ3n) is 10.8. The predicted octanol–water partition coefficient (Wildman–Crippen LogP) is 6.97. The molecule has 4 fully saturated rings. The van der Waals surface area contributed by atoms with E-state index in [9.17, 15) is 15.3 Å². The van der Waals surface area contributed by atoms with Gasteiger partial charge in [-0.25, -0.2) is 0 Å². The molecule has 3 N–H and O–H groups in total. The van der Waals surface area contributed by atoms with E-state index in [4.69, 9.17) is 0 Å². The first-order valence-corrected chi connectivity index (χ1v) is 15.1. The number of aliphatic hydroxyl groups is 3. The summed E-state index contributed by atoms with van der Waals surface area (Å²) in [5.41, 5.74) is 6.10. The lowest BCUT2D eigenvalue weighted by Gasteiger charge is -2.44. The lowest BCUT2D eigenvalue weighted by atomic mass is 9.61. The normalized spacial score (nSPS) is 36.5. The third kappa shape index (κ3) is 5.15. The molecule has 5 rings (SSSR count). The largest absolute Gasteiger partial charge is 0.393 e. The molecule has 206 valence electrons. The minimum Gasteiger partial charge on any atom is -0.393 e. The van der Waals surface area contributed by atoms with Gasteiger partial charge in [0.25, 0.3) is 0 Å². The minimum absolute atomic E-state index is 0.0941. The highest BCUT2D eigenvalue weighted by Crippen LogP contribution is 2.60. The Labute approximate surface area is 230 Å². The minimum atomic E-state index is -0.635. The molecule has 0 radical (unpaired) electrons. The molecule has 0 aliphatic heterocycles. The highest BCUT2D eigenvalue weighted by Gasteiger charge is 2.51. The molecule has 0 unspecified atom stereocenters. The Hall–Kier alpha value is -1.94. The molecule has 4 aliphatic carbocycles. The molecule has 0 amide bonds. The Kier molecular flexibility index (Phi) is 7.93. The van der Waals surface area contributed by atoms with Gasteiger partial charge in [0, 0.05) is 11.8 Å². The number of rotatable bonds is 7. The van der Waals surface area contributed by atoms with Crippen LogP contribution in [0.15, 0.2) is 71.9 Å². The molecule has 0 spiro atoms. The van der Waals surface area contributed by atoms with Gasteiger partial charge >= 0.3 is 0 Å². The Balaban J connectivity index is 1.28. The molecule has 7 atom stereocenters. The van der Waals surface area contributed by atoms with Gasteiger partial charge in [-0.15, -0.1) is 0 Å². The average Bonchev–Trinajstić information content (AvgIpc) is 3.64. The van der Waals surface area contributed by atoms with Crippen LogP contribution in [0.1, 0.15) is 89.7 Å². The maximum atomic E-state index is 11.3. The maximum Gasteiger partial charge on any atom is 0.0817 e. The summed E-state index contributed by atoms with van der Waals surface area (Å²) in [5.74, 6) is 1.62. The van der Waals surface area contributed by atoms with Gasteiger partial charge in [0.1, 0.15) is 0 Å². The van der Waals surface area contributed by atoms with Crippen molar-refractivity contribution in [1.29, 1.82) is 0 Å². The van der Waals surface area contributed by atoms with Crippen molar-refractivity contribution in [3.8, 4) is 0 Å². The average molecular weight is 517 g/mol. The van der Waals surface area contributed by atoms with Crippen molar-refractivity contribution in [3.05, 3.63) is 83.0 Å². The predicted molar refractivity (Wildman–Crippen MR) is 156 cm³/mol. The van der Waals surface area contributed by atoms with Gasteiger partial charge in [-0.3, -0.25) is 0 Å². The van der Waals surface area contributed by atoms with Crippen molar-refractivity contribution >= 4 is 0 Å². The molecule has 0 bridgehead atoms. The number of hydrogen-bond acceptors (Lipinski definition) is 3. The first-order chi connectivity index (χ1) is 18.2. The number of allylic oxidation sites excluding steroid dienone is 4. The van der Waals surface area contributed by atoms with Crippen molar-refractivity contribution in [1.82, 2.24) is 0 Å². The molecule has 4 aliphatic rings. The molecule has 0 saturated heterocycles. The Morgan fingerprint density at radius 2 is 1.79 bits per heavy atom. The molecule has 0 heterocycles. The molecule has 1 aromatic carbocycles. The zero-order valence-electron chi connectivity index (χ0n) is 23.7. The maximum absolute atomic E-state index is 11.3. The zero-order valence-corrected chi connectivity index (χ0v) is 23.7. The summed E-state index contributed by atoms with van der Waals surface area (Å²) in [4.78, 5) is 0. The van der Waals surface area contributed by atoms with Crippen molar-refractivity contribution in [2.24, 2.45) is 23.2 Å². The zero-order chi connectivity index (χ0) is 27.1. The molecule has 38 heavy (non-hydrogen) atoms. The fourth-order valence-corrected chi connectivity index (χ4v) is 8.17. The van der Waals surface area contributed by atoms with Crippen molar-refractivity contribution in [3.63, 3.8) is 0 Å². The molecule has 1 aromatic rings. The number of aliphatic hydroxyl groups excluding tert-OH is 3. The summed E-state index contributed by atoms with van der Waals surface area (Å²) in [5, 5.41) is 31.6. The fourth-order valence-electron chi connectivity index (χ4n) is 8.17. The van der Waals surface area contributed by atoms with E-state index in [1.165, 1.54) is 42.4 Å². The van der Waals surface area contributed by atoms with Crippen LogP contribution in [-0.4, -0.2) is 33.6 Å². The van der Waals surface area contributed by atoms with E-state index in [0.29, 0.717) is 30.6 Å². The van der Waals surface area contributed by atoms with E-state index in [1.54, 1.807) is 0 Å². The molecule has 0 aromatic heterocycles.